The fourth-order valence-corrected chi connectivity index (χ4v) is 1.37. The molecule has 1 nitrogen and oxygen atoms in total. The molecule has 0 aliphatic carbocycles. The van der Waals surface area contributed by atoms with Crippen LogP contribution in [0.5, 0.6) is 0 Å². The summed E-state index contributed by atoms with van der Waals surface area (Å²) in [6, 6.07) is 0.664. The van der Waals surface area contributed by atoms with Gasteiger partial charge in [0.1, 0.15) is 0 Å². The molecule has 0 saturated heterocycles. The van der Waals surface area contributed by atoms with E-state index in [1.165, 1.54) is 11.4 Å². The highest BCUT2D eigenvalue weighted by Gasteiger charge is 2.07. The van der Waals surface area contributed by atoms with Gasteiger partial charge in [-0.3, -0.25) is 0 Å². The third-order valence-electron chi connectivity index (χ3n) is 1.27. The van der Waals surface area contributed by atoms with Crippen LogP contribution in [-0.4, -0.2) is 12.3 Å². The van der Waals surface area contributed by atoms with Crippen molar-refractivity contribution >= 4 is 11.8 Å². The monoisotopic (exact) mass is 129 g/mol. The van der Waals surface area contributed by atoms with E-state index in [0.29, 0.717) is 6.04 Å². The number of nitrogens with one attached hydrogen (secondary N) is 1. The Morgan fingerprint density at radius 2 is 2.62 bits per heavy atom. The van der Waals surface area contributed by atoms with Crippen LogP contribution in [0.2, 0.25) is 0 Å². The molecular weight excluding hydrogens is 118 g/mol. The highest BCUT2D eigenvalue weighted by molar-refractivity contribution is 8.02. The maximum Gasteiger partial charge on any atom is 0.0640 e. The molecule has 0 bridgehead atoms. The maximum absolute atomic E-state index is 3.33. The second-order valence-corrected chi connectivity index (χ2v) is 2.90. The molecule has 0 amide bonds. The van der Waals surface area contributed by atoms with Crippen LogP contribution in [0.3, 0.4) is 0 Å². The van der Waals surface area contributed by atoms with Gasteiger partial charge >= 0.3 is 0 Å². The molecule has 0 fully saturated rings. The molecule has 1 aliphatic heterocycles. The second kappa shape index (κ2) is 2.44. The summed E-state index contributed by atoms with van der Waals surface area (Å²) in [6.45, 7) is 2.19. The molecule has 1 aliphatic rings. The molecule has 0 saturated carbocycles. The van der Waals surface area contributed by atoms with Gasteiger partial charge in [0.2, 0.25) is 0 Å². The van der Waals surface area contributed by atoms with Gasteiger partial charge < -0.3 is 5.32 Å². The molecule has 46 valence electrons. The van der Waals surface area contributed by atoms with Crippen LogP contribution in [0.4, 0.5) is 0 Å². The van der Waals surface area contributed by atoms with Crippen molar-refractivity contribution in [2.75, 3.05) is 6.26 Å². The molecule has 1 N–H and O–H groups in total. The number of rotatable bonds is 1. The molecule has 0 aromatic carbocycles. The van der Waals surface area contributed by atoms with Gasteiger partial charge in [-0.2, -0.15) is 0 Å². The molecule has 1 rings (SSSR count). The molecule has 8 heavy (non-hydrogen) atoms. The smallest absolute Gasteiger partial charge is 0.0640 e. The lowest BCUT2D eigenvalue weighted by molar-refractivity contribution is 0.686. The van der Waals surface area contributed by atoms with Crippen molar-refractivity contribution in [3.8, 4) is 0 Å². The van der Waals surface area contributed by atoms with E-state index in [4.69, 9.17) is 0 Å². The van der Waals surface area contributed by atoms with E-state index < -0.39 is 0 Å². The van der Waals surface area contributed by atoms with Crippen LogP contribution in [-0.2, 0) is 0 Å². The highest BCUT2D eigenvalue weighted by Crippen LogP contribution is 2.16. The fourth-order valence-electron chi connectivity index (χ4n) is 0.787. The first-order valence-electron chi connectivity index (χ1n) is 2.83. The average molecular weight is 129 g/mol. The Hall–Kier alpha value is -0.110. The number of hydrogen-bond acceptors (Lipinski definition) is 2. The average Bonchev–Trinajstić information content (AvgIpc) is 2.14. The summed E-state index contributed by atoms with van der Waals surface area (Å²) in [5.74, 6) is 0. The van der Waals surface area contributed by atoms with Gasteiger partial charge in [-0.05, 0) is 19.6 Å². The first-order chi connectivity index (χ1) is 3.83. The first kappa shape index (κ1) is 6.02. The van der Waals surface area contributed by atoms with E-state index in [0.717, 1.165) is 0 Å². The summed E-state index contributed by atoms with van der Waals surface area (Å²) >= 11 is 1.79. The van der Waals surface area contributed by atoms with Crippen molar-refractivity contribution in [1.29, 1.82) is 0 Å². The third-order valence-corrected chi connectivity index (χ3v) is 1.99. The van der Waals surface area contributed by atoms with Gasteiger partial charge in [0.05, 0.1) is 5.03 Å². The summed E-state index contributed by atoms with van der Waals surface area (Å²) in [7, 11) is 0. The van der Waals surface area contributed by atoms with Crippen LogP contribution in [0.15, 0.2) is 11.1 Å². The molecule has 2 heteroatoms. The van der Waals surface area contributed by atoms with E-state index in [9.17, 15) is 0 Å². The molecule has 0 spiro atoms. The fraction of sp³-hybridized carbons (Fsp3) is 0.667. The predicted octanol–water partition coefficient (Wildman–Crippen LogP) is 1.57. The molecule has 1 unspecified atom stereocenters. The van der Waals surface area contributed by atoms with Crippen LogP contribution < -0.4 is 5.32 Å². The van der Waals surface area contributed by atoms with E-state index in [-0.39, 0.29) is 0 Å². The molecule has 1 atom stereocenters. The van der Waals surface area contributed by atoms with E-state index in [1.54, 1.807) is 11.8 Å². The Balaban J connectivity index is 2.37. The van der Waals surface area contributed by atoms with Gasteiger partial charge in [0, 0.05) is 6.04 Å². The van der Waals surface area contributed by atoms with Gasteiger partial charge in [-0.25, -0.2) is 0 Å². The van der Waals surface area contributed by atoms with Gasteiger partial charge in [0.25, 0.3) is 0 Å². The van der Waals surface area contributed by atoms with Crippen LogP contribution >= 0.6 is 11.8 Å². The van der Waals surface area contributed by atoms with Crippen molar-refractivity contribution in [3.63, 3.8) is 0 Å². The van der Waals surface area contributed by atoms with Crippen molar-refractivity contribution in [1.82, 2.24) is 5.32 Å². The molecule has 0 radical (unpaired) electrons. The Bertz CT molecular complexity index is 109. The molecule has 0 aromatic rings. The van der Waals surface area contributed by atoms with E-state index in [2.05, 4.69) is 24.6 Å². The Morgan fingerprint density at radius 1 is 1.88 bits per heavy atom. The summed E-state index contributed by atoms with van der Waals surface area (Å²) < 4.78 is 0. The quantitative estimate of drug-likeness (QED) is 0.577. The lowest BCUT2D eigenvalue weighted by Crippen LogP contribution is -2.16. The zero-order chi connectivity index (χ0) is 5.98. The van der Waals surface area contributed by atoms with Gasteiger partial charge in [0.15, 0.2) is 0 Å². The third kappa shape index (κ3) is 1.19. The van der Waals surface area contributed by atoms with Crippen molar-refractivity contribution in [2.24, 2.45) is 0 Å². The summed E-state index contributed by atoms with van der Waals surface area (Å²) in [4.78, 5) is 0. The van der Waals surface area contributed by atoms with Crippen molar-refractivity contribution < 1.29 is 0 Å². The molecule has 0 aromatic heterocycles. The van der Waals surface area contributed by atoms with E-state index >= 15 is 0 Å². The van der Waals surface area contributed by atoms with Crippen molar-refractivity contribution in [2.45, 2.75) is 19.4 Å². The van der Waals surface area contributed by atoms with Crippen LogP contribution in [0.25, 0.3) is 0 Å². The summed E-state index contributed by atoms with van der Waals surface area (Å²) in [5, 5.41) is 4.66. The zero-order valence-electron chi connectivity index (χ0n) is 5.27. The minimum atomic E-state index is 0.664. The first-order valence-corrected chi connectivity index (χ1v) is 4.06. The van der Waals surface area contributed by atoms with Crippen LogP contribution in [0.1, 0.15) is 13.3 Å². The second-order valence-electron chi connectivity index (χ2n) is 2.05. The Kier molecular flexibility index (Phi) is 1.84. The lowest BCUT2D eigenvalue weighted by atomic mass is 10.3. The maximum atomic E-state index is 3.33. The normalized spacial score (nSPS) is 27.2. The van der Waals surface area contributed by atoms with Crippen LogP contribution in [0, 0.1) is 0 Å². The SMILES string of the molecule is CSC1=CCC(C)N1. The number of hydrogen-bond donors (Lipinski definition) is 1. The topological polar surface area (TPSA) is 12.0 Å². The van der Waals surface area contributed by atoms with Gasteiger partial charge in [-0.15, -0.1) is 11.8 Å². The highest BCUT2D eigenvalue weighted by atomic mass is 32.2. The Labute approximate surface area is 54.5 Å². The summed E-state index contributed by atoms with van der Waals surface area (Å²) in [6.07, 6.45) is 5.53. The van der Waals surface area contributed by atoms with Crippen molar-refractivity contribution in [3.05, 3.63) is 11.1 Å². The summed E-state index contributed by atoms with van der Waals surface area (Å²) in [5.41, 5.74) is 0. The molecule has 1 heterocycles. The number of thioether (sulfide) groups is 1. The zero-order valence-corrected chi connectivity index (χ0v) is 6.09. The lowest BCUT2D eigenvalue weighted by Gasteiger charge is -2.03. The largest absolute Gasteiger partial charge is 0.377 e. The standard InChI is InChI=1S/C6H11NS/c1-5-3-4-6(7-5)8-2/h4-5,7H,3H2,1-2H3. The minimum Gasteiger partial charge on any atom is -0.377 e. The predicted molar refractivity (Wildman–Crippen MR) is 38.8 cm³/mol. The Morgan fingerprint density at radius 3 is 2.88 bits per heavy atom. The van der Waals surface area contributed by atoms with E-state index in [1.807, 2.05) is 0 Å². The minimum absolute atomic E-state index is 0.664. The van der Waals surface area contributed by atoms with Gasteiger partial charge in [-0.1, -0.05) is 6.08 Å². The molecular formula is C6H11NS.